The fourth-order valence-corrected chi connectivity index (χ4v) is 3.84. The molecule has 1 aromatic heterocycles. The average molecular weight is 424 g/mol. The molecule has 5 nitrogen and oxygen atoms in total. The molecule has 0 saturated carbocycles. The van der Waals surface area contributed by atoms with Crippen LogP contribution in [0.4, 0.5) is 0 Å². The summed E-state index contributed by atoms with van der Waals surface area (Å²) in [6.45, 7) is 3.06. The van der Waals surface area contributed by atoms with Crippen LogP contribution in [0.25, 0.3) is 17.0 Å². The summed E-state index contributed by atoms with van der Waals surface area (Å²) in [4.78, 5) is 6.92. The Hall–Kier alpha value is -3.70. The Morgan fingerprint density at radius 1 is 0.844 bits per heavy atom. The van der Waals surface area contributed by atoms with Gasteiger partial charge in [0.15, 0.2) is 0 Å². The van der Waals surface area contributed by atoms with Crippen LogP contribution >= 0.6 is 0 Å². The Balaban J connectivity index is 1.17. The van der Waals surface area contributed by atoms with E-state index in [1.165, 1.54) is 11.1 Å². The zero-order chi connectivity index (χ0) is 21.6. The molecule has 1 aliphatic rings. The van der Waals surface area contributed by atoms with Crippen LogP contribution in [0, 0.1) is 0 Å². The molecular formula is C27H25N3O2. The molecule has 1 aliphatic heterocycles. The van der Waals surface area contributed by atoms with E-state index in [-0.39, 0.29) is 0 Å². The molecule has 0 spiro atoms. The first-order valence-electron chi connectivity index (χ1n) is 10.9. The summed E-state index contributed by atoms with van der Waals surface area (Å²) in [7, 11) is 0. The van der Waals surface area contributed by atoms with Gasteiger partial charge in [0.05, 0.1) is 6.54 Å². The highest BCUT2D eigenvalue weighted by Gasteiger charge is 2.17. The van der Waals surface area contributed by atoms with Crippen LogP contribution in [0.2, 0.25) is 0 Å². The van der Waals surface area contributed by atoms with Gasteiger partial charge in [-0.05, 0) is 47.4 Å². The van der Waals surface area contributed by atoms with Crippen LogP contribution in [-0.2, 0) is 13.2 Å². The third-order valence-electron chi connectivity index (χ3n) is 5.63. The Kier molecular flexibility index (Phi) is 6.08. The lowest BCUT2D eigenvalue weighted by Gasteiger charge is -2.24. The van der Waals surface area contributed by atoms with Gasteiger partial charge in [-0.3, -0.25) is 4.90 Å². The summed E-state index contributed by atoms with van der Waals surface area (Å²) in [5.74, 6) is 2.06. The average Bonchev–Trinajstić information content (AvgIpc) is 3.33. The summed E-state index contributed by atoms with van der Waals surface area (Å²) in [6.07, 6.45) is 3.32. The van der Waals surface area contributed by atoms with Crippen LogP contribution in [0.3, 0.4) is 0 Å². The van der Waals surface area contributed by atoms with Crippen molar-refractivity contribution < 1.29 is 9.26 Å². The molecule has 160 valence electrons. The summed E-state index contributed by atoms with van der Waals surface area (Å²) in [5.41, 5.74) is 4.77. The molecule has 3 aromatic carbocycles. The van der Waals surface area contributed by atoms with Crippen LogP contribution in [-0.4, -0.2) is 28.1 Å². The predicted molar refractivity (Wildman–Crippen MR) is 125 cm³/mol. The molecule has 32 heavy (non-hydrogen) atoms. The first-order valence-corrected chi connectivity index (χ1v) is 10.9. The third kappa shape index (κ3) is 4.95. The van der Waals surface area contributed by atoms with Crippen molar-refractivity contribution in [2.24, 2.45) is 0 Å². The number of hydrogen-bond donors (Lipinski definition) is 0. The van der Waals surface area contributed by atoms with E-state index in [4.69, 9.17) is 9.26 Å². The smallest absolute Gasteiger partial charge is 0.241 e. The summed E-state index contributed by atoms with van der Waals surface area (Å²) in [6, 6.07) is 28.5. The molecule has 0 bridgehead atoms. The van der Waals surface area contributed by atoms with E-state index in [0.717, 1.165) is 36.4 Å². The maximum absolute atomic E-state index is 5.85. The van der Waals surface area contributed by atoms with E-state index in [0.29, 0.717) is 24.9 Å². The molecule has 0 radical (unpaired) electrons. The van der Waals surface area contributed by atoms with Crippen molar-refractivity contribution in [3.05, 3.63) is 108 Å². The van der Waals surface area contributed by atoms with Gasteiger partial charge in [-0.25, -0.2) is 0 Å². The minimum absolute atomic E-state index is 0.544. The number of ether oxygens (including phenoxy) is 1. The third-order valence-corrected chi connectivity index (χ3v) is 5.63. The second kappa shape index (κ2) is 9.62. The van der Waals surface area contributed by atoms with Crippen LogP contribution in [0.15, 0.2) is 95.5 Å². The fourth-order valence-electron chi connectivity index (χ4n) is 3.84. The van der Waals surface area contributed by atoms with Crippen molar-refractivity contribution in [1.82, 2.24) is 15.0 Å². The SMILES string of the molecule is C1=C(c2ccccc2)CCN(Cc2nc(-c3ccc(OCc4ccccc4)cc3)no2)C1. The lowest BCUT2D eigenvalue weighted by Crippen LogP contribution is -2.28. The van der Waals surface area contributed by atoms with E-state index in [1.807, 2.05) is 42.5 Å². The van der Waals surface area contributed by atoms with E-state index >= 15 is 0 Å². The Morgan fingerprint density at radius 3 is 2.31 bits per heavy atom. The van der Waals surface area contributed by atoms with Gasteiger partial charge in [0.2, 0.25) is 11.7 Å². The van der Waals surface area contributed by atoms with Crippen molar-refractivity contribution >= 4 is 5.57 Å². The molecular weight excluding hydrogens is 398 g/mol. The van der Waals surface area contributed by atoms with Gasteiger partial charge < -0.3 is 9.26 Å². The molecule has 0 saturated heterocycles. The van der Waals surface area contributed by atoms with Crippen molar-refractivity contribution in [2.75, 3.05) is 13.1 Å². The van der Waals surface area contributed by atoms with E-state index in [1.54, 1.807) is 0 Å². The van der Waals surface area contributed by atoms with Gasteiger partial charge >= 0.3 is 0 Å². The Morgan fingerprint density at radius 2 is 1.59 bits per heavy atom. The van der Waals surface area contributed by atoms with Crippen LogP contribution < -0.4 is 4.74 Å². The van der Waals surface area contributed by atoms with Crippen LogP contribution in [0.5, 0.6) is 5.75 Å². The maximum Gasteiger partial charge on any atom is 0.241 e. The zero-order valence-corrected chi connectivity index (χ0v) is 17.9. The molecule has 0 fully saturated rings. The topological polar surface area (TPSA) is 51.4 Å². The van der Waals surface area contributed by atoms with Gasteiger partial charge in [0.25, 0.3) is 0 Å². The van der Waals surface area contributed by atoms with Crippen molar-refractivity contribution in [1.29, 1.82) is 0 Å². The van der Waals surface area contributed by atoms with E-state index in [2.05, 4.69) is 63.6 Å². The molecule has 5 rings (SSSR count). The minimum atomic E-state index is 0.544. The fraction of sp³-hybridized carbons (Fsp3) is 0.185. The molecule has 0 aliphatic carbocycles. The van der Waals surface area contributed by atoms with Crippen LogP contribution in [0.1, 0.15) is 23.4 Å². The highest BCUT2D eigenvalue weighted by atomic mass is 16.5. The van der Waals surface area contributed by atoms with Gasteiger partial charge in [0, 0.05) is 18.7 Å². The van der Waals surface area contributed by atoms with Crippen molar-refractivity contribution in [3.63, 3.8) is 0 Å². The summed E-state index contributed by atoms with van der Waals surface area (Å²) >= 11 is 0. The first kappa shape index (κ1) is 20.2. The molecule has 0 amide bonds. The number of benzene rings is 3. The van der Waals surface area contributed by atoms with Crippen molar-refractivity contribution in [3.8, 4) is 17.1 Å². The Labute approximate surface area is 188 Å². The van der Waals surface area contributed by atoms with Gasteiger partial charge in [-0.2, -0.15) is 4.98 Å². The highest BCUT2D eigenvalue weighted by molar-refractivity contribution is 5.66. The number of rotatable bonds is 7. The first-order chi connectivity index (χ1) is 15.8. The predicted octanol–water partition coefficient (Wildman–Crippen LogP) is 5.60. The minimum Gasteiger partial charge on any atom is -0.489 e. The molecule has 0 atom stereocenters. The molecule has 5 heteroatoms. The second-order valence-corrected chi connectivity index (χ2v) is 7.89. The van der Waals surface area contributed by atoms with Crippen molar-refractivity contribution in [2.45, 2.75) is 19.6 Å². The largest absolute Gasteiger partial charge is 0.489 e. The standard InChI is InChI=1S/C27H25N3O2/c1-3-7-21(8-4-1)20-31-25-13-11-24(12-14-25)27-28-26(32-29-27)19-30-17-15-23(16-18-30)22-9-5-2-6-10-22/h1-15H,16-20H2. The number of hydrogen-bond acceptors (Lipinski definition) is 5. The van der Waals surface area contributed by atoms with E-state index in [9.17, 15) is 0 Å². The number of aromatic nitrogens is 2. The molecule has 0 unspecified atom stereocenters. The molecule has 4 aromatic rings. The summed E-state index contributed by atoms with van der Waals surface area (Å²) in [5, 5.41) is 4.17. The van der Waals surface area contributed by atoms with Gasteiger partial charge in [-0.1, -0.05) is 71.9 Å². The maximum atomic E-state index is 5.85. The lowest BCUT2D eigenvalue weighted by molar-refractivity contribution is 0.245. The quantitative estimate of drug-likeness (QED) is 0.387. The Bertz CT molecular complexity index is 1170. The van der Waals surface area contributed by atoms with E-state index < -0.39 is 0 Å². The molecule has 2 heterocycles. The monoisotopic (exact) mass is 423 g/mol. The van der Waals surface area contributed by atoms with Gasteiger partial charge in [-0.15, -0.1) is 0 Å². The normalized spacial score (nSPS) is 14.2. The molecule has 0 N–H and O–H groups in total. The number of nitrogens with zero attached hydrogens (tertiary/aromatic N) is 3. The van der Waals surface area contributed by atoms with Gasteiger partial charge in [0.1, 0.15) is 12.4 Å². The highest BCUT2D eigenvalue weighted by Crippen LogP contribution is 2.24. The second-order valence-electron chi connectivity index (χ2n) is 7.89. The zero-order valence-electron chi connectivity index (χ0n) is 17.9. The lowest BCUT2D eigenvalue weighted by atomic mass is 10.00. The summed E-state index contributed by atoms with van der Waals surface area (Å²) < 4.78 is 11.4.